The van der Waals surface area contributed by atoms with Crippen molar-refractivity contribution in [2.75, 3.05) is 22.5 Å². The van der Waals surface area contributed by atoms with Crippen LogP contribution in [0.15, 0.2) is 126 Å². The number of benzene rings is 4. The Morgan fingerprint density at radius 3 is 2.00 bits per heavy atom. The number of carbonyl (C=O) groups excluding carboxylic acids is 1. The third kappa shape index (κ3) is 5.69. The van der Waals surface area contributed by atoms with Crippen LogP contribution in [0.2, 0.25) is 0 Å². The van der Waals surface area contributed by atoms with Gasteiger partial charge in [0.1, 0.15) is 11.8 Å². The fourth-order valence-corrected chi connectivity index (χ4v) is 4.91. The van der Waals surface area contributed by atoms with E-state index in [0.717, 1.165) is 33.3 Å². The Balaban J connectivity index is 1.23. The Labute approximate surface area is 243 Å². The van der Waals surface area contributed by atoms with E-state index in [2.05, 4.69) is 27.0 Å². The minimum absolute atomic E-state index is 0.300. The van der Waals surface area contributed by atoms with Crippen molar-refractivity contribution in [2.24, 2.45) is 0 Å². The highest BCUT2D eigenvalue weighted by atomic mass is 16.3. The number of urea groups is 1. The zero-order valence-electron chi connectivity index (χ0n) is 22.7. The first-order valence-electron chi connectivity index (χ1n) is 13.6. The average molecular weight is 550 g/mol. The van der Waals surface area contributed by atoms with E-state index in [-0.39, 0.29) is 6.03 Å². The summed E-state index contributed by atoms with van der Waals surface area (Å²) in [5.74, 6) is 0.710. The number of anilines is 3. The molecule has 6 rings (SSSR count). The van der Waals surface area contributed by atoms with Gasteiger partial charge >= 0.3 is 6.03 Å². The summed E-state index contributed by atoms with van der Waals surface area (Å²) in [5, 5.41) is 19.9. The standard InChI is InChI=1S/C35H27N5O2/c36-22-27-23-38-34-31(30(25-10-4-1-5-11-25)33(42-34)26-12-6-2-7-13-26)32(27)37-21-20-24-16-18-29(19-17-24)40-35(41)39-28-14-8-3-9-15-28/h1-19,23H,20-21H2,(H,37,38)(H2,39,40,41). The predicted octanol–water partition coefficient (Wildman–Crippen LogP) is 8.33. The van der Waals surface area contributed by atoms with Gasteiger partial charge in [-0.3, -0.25) is 0 Å². The van der Waals surface area contributed by atoms with Crippen molar-refractivity contribution in [1.29, 1.82) is 5.26 Å². The summed E-state index contributed by atoms with van der Waals surface area (Å²) in [4.78, 5) is 16.8. The fraction of sp³-hybridized carbons (Fsp3) is 0.0571. The molecule has 204 valence electrons. The highest BCUT2D eigenvalue weighted by Gasteiger charge is 2.23. The molecule has 3 N–H and O–H groups in total. The maximum atomic E-state index is 12.3. The molecule has 0 spiro atoms. The molecule has 0 saturated carbocycles. The minimum Gasteiger partial charge on any atom is -0.437 e. The minimum atomic E-state index is -0.300. The van der Waals surface area contributed by atoms with Crippen LogP contribution in [0.5, 0.6) is 0 Å². The number of rotatable bonds is 8. The highest BCUT2D eigenvalue weighted by Crippen LogP contribution is 2.44. The van der Waals surface area contributed by atoms with Gasteiger partial charge in [-0.05, 0) is 41.8 Å². The van der Waals surface area contributed by atoms with Crippen LogP contribution in [0.1, 0.15) is 11.1 Å². The lowest BCUT2D eigenvalue weighted by atomic mass is 9.97. The third-order valence-electron chi connectivity index (χ3n) is 6.90. The molecular weight excluding hydrogens is 522 g/mol. The SMILES string of the molecule is N#Cc1cnc2oc(-c3ccccc3)c(-c3ccccc3)c2c1NCCc1ccc(NC(=O)Nc2ccccc2)cc1. The van der Waals surface area contributed by atoms with E-state index in [4.69, 9.17) is 4.42 Å². The van der Waals surface area contributed by atoms with Crippen LogP contribution in [0, 0.1) is 11.3 Å². The van der Waals surface area contributed by atoms with Crippen molar-refractivity contribution >= 4 is 34.2 Å². The van der Waals surface area contributed by atoms with E-state index in [0.29, 0.717) is 41.4 Å². The number of nitrogens with zero attached hydrogens (tertiary/aromatic N) is 2. The van der Waals surface area contributed by atoms with Crippen LogP contribution in [0.4, 0.5) is 21.9 Å². The van der Waals surface area contributed by atoms with Crippen molar-refractivity contribution in [3.63, 3.8) is 0 Å². The maximum Gasteiger partial charge on any atom is 0.323 e. The smallest absolute Gasteiger partial charge is 0.323 e. The van der Waals surface area contributed by atoms with E-state index >= 15 is 0 Å². The molecule has 0 aliphatic carbocycles. The number of para-hydroxylation sites is 1. The second kappa shape index (κ2) is 12.1. The summed E-state index contributed by atoms with van der Waals surface area (Å²) < 4.78 is 6.33. The quantitative estimate of drug-likeness (QED) is 0.177. The van der Waals surface area contributed by atoms with Gasteiger partial charge in [0.05, 0.1) is 22.8 Å². The molecule has 2 amide bonds. The number of furan rings is 1. The predicted molar refractivity (Wildman–Crippen MR) is 167 cm³/mol. The molecule has 2 heterocycles. The summed E-state index contributed by atoms with van der Waals surface area (Å²) in [6.07, 6.45) is 2.26. The lowest BCUT2D eigenvalue weighted by Crippen LogP contribution is -2.19. The van der Waals surface area contributed by atoms with Gasteiger partial charge in [0, 0.05) is 29.0 Å². The molecule has 0 unspecified atom stereocenters. The zero-order valence-corrected chi connectivity index (χ0v) is 22.7. The topological polar surface area (TPSA) is 103 Å². The molecular formula is C35H27N5O2. The lowest BCUT2D eigenvalue weighted by molar-refractivity contribution is 0.262. The van der Waals surface area contributed by atoms with Gasteiger partial charge in [-0.2, -0.15) is 5.26 Å². The van der Waals surface area contributed by atoms with Crippen molar-refractivity contribution in [1.82, 2.24) is 4.98 Å². The van der Waals surface area contributed by atoms with Gasteiger partial charge in [0.2, 0.25) is 5.71 Å². The van der Waals surface area contributed by atoms with Crippen LogP contribution < -0.4 is 16.0 Å². The molecule has 7 nitrogen and oxygen atoms in total. The van der Waals surface area contributed by atoms with Crippen LogP contribution >= 0.6 is 0 Å². The van der Waals surface area contributed by atoms with Gasteiger partial charge in [0.15, 0.2) is 0 Å². The number of hydrogen-bond donors (Lipinski definition) is 3. The summed E-state index contributed by atoms with van der Waals surface area (Å²) in [5.41, 5.74) is 6.93. The average Bonchev–Trinajstić information content (AvgIpc) is 3.43. The van der Waals surface area contributed by atoms with E-state index in [1.165, 1.54) is 0 Å². The molecule has 4 aromatic carbocycles. The number of nitrogens with one attached hydrogen (secondary N) is 3. The number of hydrogen-bond acceptors (Lipinski definition) is 5. The molecule has 42 heavy (non-hydrogen) atoms. The second-order valence-corrected chi connectivity index (χ2v) is 9.70. The van der Waals surface area contributed by atoms with Gasteiger partial charge in [-0.1, -0.05) is 91.0 Å². The molecule has 2 aromatic heterocycles. The molecule has 0 saturated heterocycles. The van der Waals surface area contributed by atoms with Crippen LogP contribution in [-0.4, -0.2) is 17.6 Å². The van der Waals surface area contributed by atoms with Crippen LogP contribution in [-0.2, 0) is 6.42 Å². The molecule has 0 atom stereocenters. The Bertz CT molecular complexity index is 1860. The monoisotopic (exact) mass is 549 g/mol. The number of carbonyl (C=O) groups is 1. The number of pyridine rings is 1. The molecule has 0 aliphatic heterocycles. The summed E-state index contributed by atoms with van der Waals surface area (Å²) in [6.45, 7) is 0.579. The van der Waals surface area contributed by atoms with Gasteiger partial charge in [0.25, 0.3) is 0 Å². The Hall–Kier alpha value is -5.87. The summed E-state index contributed by atoms with van der Waals surface area (Å²) in [7, 11) is 0. The molecule has 7 heteroatoms. The van der Waals surface area contributed by atoms with Crippen LogP contribution in [0.25, 0.3) is 33.6 Å². The Morgan fingerprint density at radius 1 is 0.762 bits per heavy atom. The molecule has 0 fully saturated rings. The third-order valence-corrected chi connectivity index (χ3v) is 6.90. The molecule has 0 aliphatic rings. The van der Waals surface area contributed by atoms with Crippen molar-refractivity contribution < 1.29 is 9.21 Å². The molecule has 6 aromatic rings. The summed E-state index contributed by atoms with van der Waals surface area (Å²) >= 11 is 0. The van der Waals surface area contributed by atoms with E-state index in [1.807, 2.05) is 115 Å². The van der Waals surface area contributed by atoms with E-state index in [1.54, 1.807) is 6.20 Å². The number of nitriles is 1. The van der Waals surface area contributed by atoms with Crippen LogP contribution in [0.3, 0.4) is 0 Å². The van der Waals surface area contributed by atoms with Gasteiger partial charge in [-0.15, -0.1) is 0 Å². The number of fused-ring (bicyclic) bond motifs is 1. The zero-order chi connectivity index (χ0) is 28.7. The normalized spacial score (nSPS) is 10.6. The van der Waals surface area contributed by atoms with Crippen molar-refractivity contribution in [3.8, 4) is 28.5 Å². The summed E-state index contributed by atoms with van der Waals surface area (Å²) in [6, 6.07) is 39.0. The van der Waals surface area contributed by atoms with Gasteiger partial charge in [-0.25, -0.2) is 9.78 Å². The Kier molecular flexibility index (Phi) is 7.60. The number of amides is 2. The first-order valence-corrected chi connectivity index (χ1v) is 13.6. The van der Waals surface area contributed by atoms with E-state index < -0.39 is 0 Å². The van der Waals surface area contributed by atoms with Crippen molar-refractivity contribution in [3.05, 3.63) is 133 Å². The Morgan fingerprint density at radius 2 is 1.36 bits per heavy atom. The first kappa shape index (κ1) is 26.4. The second-order valence-electron chi connectivity index (χ2n) is 9.70. The molecule has 0 radical (unpaired) electrons. The number of aromatic nitrogens is 1. The lowest BCUT2D eigenvalue weighted by Gasteiger charge is -2.12. The first-order chi connectivity index (χ1) is 20.7. The molecule has 0 bridgehead atoms. The van der Waals surface area contributed by atoms with Gasteiger partial charge < -0.3 is 20.4 Å². The maximum absolute atomic E-state index is 12.3. The fourth-order valence-electron chi connectivity index (χ4n) is 4.91. The van der Waals surface area contributed by atoms with E-state index in [9.17, 15) is 10.1 Å². The largest absolute Gasteiger partial charge is 0.437 e. The van der Waals surface area contributed by atoms with Crippen molar-refractivity contribution in [2.45, 2.75) is 6.42 Å². The highest BCUT2D eigenvalue weighted by molar-refractivity contribution is 6.08.